The predicted molar refractivity (Wildman–Crippen MR) is 130 cm³/mol. The van der Waals surface area contributed by atoms with E-state index in [0.717, 1.165) is 0 Å². The van der Waals surface area contributed by atoms with Crippen LogP contribution in [0.5, 0.6) is 0 Å². The van der Waals surface area contributed by atoms with Gasteiger partial charge in [-0.1, -0.05) is 13.8 Å². The number of rotatable bonds is 15. The number of hydrogen-bond donors (Lipinski definition) is 9. The lowest BCUT2D eigenvalue weighted by atomic mass is 10.0. The van der Waals surface area contributed by atoms with Gasteiger partial charge in [-0.3, -0.25) is 19.4 Å². The second-order valence-electron chi connectivity index (χ2n) is 8.69. The number of hydrogen-bond acceptors (Lipinski definition) is 8. The quantitative estimate of drug-likeness (QED) is 0.0650. The number of aliphatic imine (C=N–C) groups is 1. The highest BCUT2D eigenvalue weighted by Gasteiger charge is 2.32. The third-order valence-corrected chi connectivity index (χ3v) is 5.20. The molecule has 1 heterocycles. The Bertz CT molecular complexity index is 900. The minimum Gasteiger partial charge on any atom is -0.480 e. The van der Waals surface area contributed by atoms with Crippen LogP contribution in [0.1, 0.15) is 39.3 Å². The van der Waals surface area contributed by atoms with Crippen LogP contribution in [0.25, 0.3) is 0 Å². The van der Waals surface area contributed by atoms with Gasteiger partial charge in [0.2, 0.25) is 17.7 Å². The Hall–Kier alpha value is -3.72. The van der Waals surface area contributed by atoms with Gasteiger partial charge in [-0.05, 0) is 25.7 Å². The standard InChI is InChI=1S/C21H37N9O6/c1-10(2)15(29-17(32)13(22)7-12-8-25-9-27-12)19(34)28-14(5-4-6-26-21(23)24)18(33)30-16(11(3)31)20(35)36/h8-11,13-16,31H,4-7,22H2,1-3H3,(H,25,27)(H,28,34)(H,29,32)(H,30,33)(H,35,36)(H4,23,24,26). The van der Waals surface area contributed by atoms with Crippen molar-refractivity contribution in [2.24, 2.45) is 28.1 Å². The highest BCUT2D eigenvalue weighted by Crippen LogP contribution is 2.07. The largest absolute Gasteiger partial charge is 0.480 e. The number of H-pyrrole nitrogens is 1. The molecular formula is C21H37N9O6. The van der Waals surface area contributed by atoms with Crippen molar-refractivity contribution in [3.8, 4) is 0 Å². The SMILES string of the molecule is CC(C)C(NC(=O)C(N)Cc1cnc[nH]1)C(=O)NC(CCCN=C(N)N)C(=O)NC(C(=O)O)C(C)O. The van der Waals surface area contributed by atoms with Gasteiger partial charge in [-0.15, -0.1) is 0 Å². The molecule has 1 aromatic heterocycles. The van der Waals surface area contributed by atoms with Crippen LogP contribution in [0.3, 0.4) is 0 Å². The number of carboxylic acid groups (broad SMARTS) is 1. The smallest absolute Gasteiger partial charge is 0.328 e. The van der Waals surface area contributed by atoms with Gasteiger partial charge < -0.3 is 48.3 Å². The van der Waals surface area contributed by atoms with Crippen LogP contribution in [0, 0.1) is 5.92 Å². The number of carboxylic acids is 1. The van der Waals surface area contributed by atoms with Crippen molar-refractivity contribution < 1.29 is 29.4 Å². The molecule has 0 aliphatic rings. The van der Waals surface area contributed by atoms with Crippen LogP contribution in [-0.2, 0) is 25.6 Å². The van der Waals surface area contributed by atoms with Gasteiger partial charge in [0.1, 0.15) is 12.1 Å². The van der Waals surface area contributed by atoms with E-state index in [0.29, 0.717) is 5.69 Å². The minimum atomic E-state index is -1.59. The Kier molecular flexibility index (Phi) is 12.3. The molecule has 0 spiro atoms. The van der Waals surface area contributed by atoms with Gasteiger partial charge in [0, 0.05) is 24.9 Å². The van der Waals surface area contributed by atoms with Crippen molar-refractivity contribution in [1.29, 1.82) is 0 Å². The fraction of sp³-hybridized carbons (Fsp3) is 0.619. The molecule has 0 fully saturated rings. The molecule has 0 aliphatic carbocycles. The fourth-order valence-electron chi connectivity index (χ4n) is 3.20. The normalized spacial score (nSPS) is 15.2. The molecule has 0 radical (unpaired) electrons. The lowest BCUT2D eigenvalue weighted by Gasteiger charge is -2.27. The van der Waals surface area contributed by atoms with E-state index in [9.17, 15) is 29.4 Å². The van der Waals surface area contributed by atoms with Crippen molar-refractivity contribution in [3.63, 3.8) is 0 Å². The fourth-order valence-corrected chi connectivity index (χ4v) is 3.20. The maximum Gasteiger partial charge on any atom is 0.328 e. The number of carbonyl (C=O) groups excluding carboxylic acids is 3. The molecule has 5 unspecified atom stereocenters. The number of nitrogens with two attached hydrogens (primary N) is 3. The summed E-state index contributed by atoms with van der Waals surface area (Å²) >= 11 is 0. The molecule has 5 atom stereocenters. The Labute approximate surface area is 208 Å². The summed E-state index contributed by atoms with van der Waals surface area (Å²) in [6, 6.07) is -4.77. The Balaban J connectivity index is 2.95. The highest BCUT2D eigenvalue weighted by atomic mass is 16.4. The maximum atomic E-state index is 13.1. The van der Waals surface area contributed by atoms with Gasteiger partial charge in [-0.25, -0.2) is 9.78 Å². The number of imidazole rings is 1. The van der Waals surface area contributed by atoms with Gasteiger partial charge in [-0.2, -0.15) is 0 Å². The number of aromatic amines is 1. The first-order valence-electron chi connectivity index (χ1n) is 11.4. The van der Waals surface area contributed by atoms with Gasteiger partial charge in [0.05, 0.1) is 18.5 Å². The van der Waals surface area contributed by atoms with Gasteiger partial charge in [0.15, 0.2) is 12.0 Å². The molecule has 0 bridgehead atoms. The van der Waals surface area contributed by atoms with Crippen LogP contribution in [0.2, 0.25) is 0 Å². The van der Waals surface area contributed by atoms with E-state index in [2.05, 4.69) is 30.9 Å². The summed E-state index contributed by atoms with van der Waals surface area (Å²) in [6.07, 6.45) is 2.10. The van der Waals surface area contributed by atoms with Crippen molar-refractivity contribution in [3.05, 3.63) is 18.2 Å². The molecule has 1 rings (SSSR count). The molecule has 15 heteroatoms. The van der Waals surface area contributed by atoms with Gasteiger partial charge >= 0.3 is 5.97 Å². The van der Waals surface area contributed by atoms with E-state index in [1.165, 1.54) is 19.4 Å². The Morgan fingerprint density at radius 1 is 1.06 bits per heavy atom. The minimum absolute atomic E-state index is 0.0542. The summed E-state index contributed by atoms with van der Waals surface area (Å²) in [5, 5.41) is 26.3. The molecule has 36 heavy (non-hydrogen) atoms. The first-order valence-corrected chi connectivity index (χ1v) is 11.4. The second kappa shape index (κ2) is 14.6. The molecule has 12 N–H and O–H groups in total. The summed E-state index contributed by atoms with van der Waals surface area (Å²) in [5.41, 5.74) is 17.2. The van der Waals surface area contributed by atoms with Crippen LogP contribution in [0.15, 0.2) is 17.5 Å². The number of aliphatic carboxylic acids is 1. The van der Waals surface area contributed by atoms with Crippen molar-refractivity contribution in [1.82, 2.24) is 25.9 Å². The summed E-state index contributed by atoms with van der Waals surface area (Å²) in [4.78, 5) is 60.4. The summed E-state index contributed by atoms with van der Waals surface area (Å²) in [7, 11) is 0. The summed E-state index contributed by atoms with van der Waals surface area (Å²) in [5.74, 6) is -4.03. The number of carbonyl (C=O) groups is 4. The van der Waals surface area contributed by atoms with Crippen LogP contribution in [-0.4, -0.2) is 86.6 Å². The van der Waals surface area contributed by atoms with Gasteiger partial charge in [0.25, 0.3) is 0 Å². The predicted octanol–water partition coefficient (Wildman–Crippen LogP) is -3.09. The zero-order valence-electron chi connectivity index (χ0n) is 20.6. The van der Waals surface area contributed by atoms with E-state index in [1.54, 1.807) is 13.8 Å². The maximum absolute atomic E-state index is 13.1. The molecular weight excluding hydrogens is 474 g/mol. The lowest BCUT2D eigenvalue weighted by molar-refractivity contribution is -0.145. The zero-order chi connectivity index (χ0) is 27.4. The summed E-state index contributed by atoms with van der Waals surface area (Å²) in [6.45, 7) is 4.77. The molecule has 15 nitrogen and oxygen atoms in total. The van der Waals surface area contributed by atoms with Crippen LogP contribution in [0.4, 0.5) is 0 Å². The van der Waals surface area contributed by atoms with Crippen molar-refractivity contribution >= 4 is 29.7 Å². The van der Waals surface area contributed by atoms with Crippen LogP contribution < -0.4 is 33.2 Å². The third kappa shape index (κ3) is 10.3. The molecule has 0 aliphatic heterocycles. The van der Waals surface area contributed by atoms with E-state index < -0.39 is 54.0 Å². The molecule has 0 saturated heterocycles. The third-order valence-electron chi connectivity index (χ3n) is 5.20. The second-order valence-corrected chi connectivity index (χ2v) is 8.69. The van der Waals surface area contributed by atoms with Crippen molar-refractivity contribution in [2.75, 3.05) is 6.54 Å². The molecule has 0 saturated carbocycles. The summed E-state index contributed by atoms with van der Waals surface area (Å²) < 4.78 is 0. The van der Waals surface area contributed by atoms with E-state index in [1.807, 2.05) is 0 Å². The lowest BCUT2D eigenvalue weighted by Crippen LogP contribution is -2.59. The zero-order valence-corrected chi connectivity index (χ0v) is 20.6. The Morgan fingerprint density at radius 2 is 1.69 bits per heavy atom. The average Bonchev–Trinajstić information content (AvgIpc) is 3.29. The number of guanidine groups is 1. The average molecular weight is 512 g/mol. The first kappa shape index (κ1) is 30.3. The molecule has 0 aromatic carbocycles. The number of amides is 3. The number of aromatic nitrogens is 2. The van der Waals surface area contributed by atoms with E-state index in [-0.39, 0.29) is 37.7 Å². The monoisotopic (exact) mass is 511 g/mol. The molecule has 1 aromatic rings. The number of aliphatic hydroxyl groups is 1. The van der Waals surface area contributed by atoms with E-state index >= 15 is 0 Å². The highest BCUT2D eigenvalue weighted by molar-refractivity contribution is 5.94. The number of aliphatic hydroxyl groups excluding tert-OH is 1. The van der Waals surface area contributed by atoms with E-state index in [4.69, 9.17) is 17.2 Å². The number of nitrogens with one attached hydrogen (secondary N) is 4. The van der Waals surface area contributed by atoms with Crippen LogP contribution >= 0.6 is 0 Å². The first-order chi connectivity index (χ1) is 16.8. The Morgan fingerprint density at radius 3 is 2.19 bits per heavy atom. The number of nitrogens with zero attached hydrogens (tertiary/aromatic N) is 2. The topological polar surface area (TPSA) is 264 Å². The molecule has 3 amide bonds. The molecule has 202 valence electrons. The van der Waals surface area contributed by atoms with Crippen molar-refractivity contribution in [2.45, 2.75) is 70.3 Å².